The van der Waals surface area contributed by atoms with E-state index < -0.39 is 18.0 Å². The summed E-state index contributed by atoms with van der Waals surface area (Å²) in [6, 6.07) is 18.8. The molecule has 35 heavy (non-hydrogen) atoms. The molecule has 1 atom stereocenters. The molecule has 0 saturated heterocycles. The van der Waals surface area contributed by atoms with Crippen molar-refractivity contribution in [2.75, 3.05) is 6.54 Å². The number of benzene rings is 3. The fourth-order valence-corrected chi connectivity index (χ4v) is 3.28. The maximum atomic E-state index is 12.8. The highest BCUT2D eigenvalue weighted by molar-refractivity contribution is 5.93. The number of aliphatic hydroxyl groups excluding tert-OH is 1. The van der Waals surface area contributed by atoms with E-state index in [1.165, 1.54) is 12.1 Å². The molecule has 7 heteroatoms. The van der Waals surface area contributed by atoms with Gasteiger partial charge in [-0.15, -0.1) is 12.4 Å². The van der Waals surface area contributed by atoms with Crippen LogP contribution in [0.5, 0.6) is 11.5 Å². The first-order valence-electron chi connectivity index (χ1n) is 11.2. The second kappa shape index (κ2) is 12.0. The van der Waals surface area contributed by atoms with E-state index in [0.29, 0.717) is 23.2 Å². The van der Waals surface area contributed by atoms with E-state index in [0.717, 1.165) is 11.1 Å². The summed E-state index contributed by atoms with van der Waals surface area (Å²) < 4.78 is 11.2. The third-order valence-corrected chi connectivity index (χ3v) is 5.09. The van der Waals surface area contributed by atoms with E-state index in [1.807, 2.05) is 46.8 Å². The first kappa shape index (κ1) is 28.1. The monoisotopic (exact) mass is 497 g/mol. The molecule has 3 aromatic carbocycles. The van der Waals surface area contributed by atoms with E-state index in [1.54, 1.807) is 42.5 Å². The molecule has 0 fully saturated rings. The molecule has 0 spiro atoms. The normalized spacial score (nSPS) is 11.8. The quantitative estimate of drug-likeness (QED) is 0.327. The highest BCUT2D eigenvalue weighted by Crippen LogP contribution is 2.32. The molecule has 3 aromatic rings. The van der Waals surface area contributed by atoms with Crippen LogP contribution in [0, 0.1) is 13.8 Å². The molecule has 2 N–H and O–H groups in total. The van der Waals surface area contributed by atoms with Gasteiger partial charge in [-0.2, -0.15) is 0 Å². The Hall–Kier alpha value is -3.19. The smallest absolute Gasteiger partial charge is 0.343 e. The van der Waals surface area contributed by atoms with Gasteiger partial charge < -0.3 is 19.9 Å². The van der Waals surface area contributed by atoms with Crippen LogP contribution in [-0.4, -0.2) is 29.1 Å². The molecule has 0 aromatic heterocycles. The molecular formula is C28H32ClNO5. The predicted molar refractivity (Wildman–Crippen MR) is 139 cm³/mol. The number of carbonyl (C=O) groups is 2. The number of nitrogens with one attached hydrogen (secondary N) is 1. The van der Waals surface area contributed by atoms with Gasteiger partial charge in [0, 0.05) is 12.1 Å². The Labute approximate surface area is 212 Å². The Kier molecular flexibility index (Phi) is 9.60. The minimum Gasteiger partial charge on any atom is -0.419 e. The summed E-state index contributed by atoms with van der Waals surface area (Å²) in [5, 5.41) is 13.9. The maximum absolute atomic E-state index is 12.8. The Balaban J connectivity index is 0.00000432. The average molecular weight is 498 g/mol. The number of rotatable bonds is 7. The second-order valence-electron chi connectivity index (χ2n) is 9.37. The molecule has 0 saturated carbocycles. The summed E-state index contributed by atoms with van der Waals surface area (Å²) in [5.74, 6) is -1.01. The first-order chi connectivity index (χ1) is 16.0. The van der Waals surface area contributed by atoms with Crippen LogP contribution < -0.4 is 14.8 Å². The van der Waals surface area contributed by atoms with Crippen LogP contribution in [0.4, 0.5) is 0 Å². The molecule has 186 valence electrons. The van der Waals surface area contributed by atoms with Crippen LogP contribution >= 0.6 is 12.4 Å². The van der Waals surface area contributed by atoms with Gasteiger partial charge in [-0.1, -0.05) is 41.5 Å². The van der Waals surface area contributed by atoms with Crippen LogP contribution in [-0.2, 0) is 0 Å². The molecule has 0 aliphatic carbocycles. The van der Waals surface area contributed by atoms with Gasteiger partial charge in [-0.05, 0) is 76.6 Å². The van der Waals surface area contributed by atoms with E-state index in [4.69, 9.17) is 9.47 Å². The fraction of sp³-hybridized carbons (Fsp3) is 0.286. The molecule has 3 rings (SSSR count). The number of aryl methyl sites for hydroxylation is 2. The standard InChI is InChI=1S/C28H31NO5.ClH/c1-18-8-6-10-21(14-18)26(31)33-24-13-12-20(23(30)17-29-28(3,4)5)16-25(24)34-27(32)22-11-7-9-19(2)15-22;/h6-16,23,29-30H,17H2,1-5H3;1H. The summed E-state index contributed by atoms with van der Waals surface area (Å²) in [6.45, 7) is 10.1. The highest BCUT2D eigenvalue weighted by atomic mass is 35.5. The Morgan fingerprint density at radius 2 is 1.34 bits per heavy atom. The average Bonchev–Trinajstić information content (AvgIpc) is 2.78. The highest BCUT2D eigenvalue weighted by Gasteiger charge is 2.20. The summed E-state index contributed by atoms with van der Waals surface area (Å²) in [4.78, 5) is 25.5. The van der Waals surface area contributed by atoms with Crippen LogP contribution in [0.15, 0.2) is 66.7 Å². The lowest BCUT2D eigenvalue weighted by atomic mass is 10.1. The van der Waals surface area contributed by atoms with Crippen molar-refractivity contribution >= 4 is 24.3 Å². The van der Waals surface area contributed by atoms with Gasteiger partial charge in [0.1, 0.15) is 0 Å². The second-order valence-corrected chi connectivity index (χ2v) is 9.37. The lowest BCUT2D eigenvalue weighted by molar-refractivity contribution is 0.0681. The van der Waals surface area contributed by atoms with Crippen molar-refractivity contribution in [3.63, 3.8) is 0 Å². The zero-order chi connectivity index (χ0) is 24.9. The van der Waals surface area contributed by atoms with Crippen molar-refractivity contribution in [3.05, 3.63) is 94.5 Å². The topological polar surface area (TPSA) is 84.9 Å². The zero-order valence-electron chi connectivity index (χ0n) is 20.6. The Bertz CT molecular complexity index is 1190. The van der Waals surface area contributed by atoms with Crippen LogP contribution in [0.2, 0.25) is 0 Å². The van der Waals surface area contributed by atoms with Crippen LogP contribution in [0.1, 0.15) is 64.3 Å². The molecule has 0 heterocycles. The minimum atomic E-state index is -0.850. The van der Waals surface area contributed by atoms with E-state index in [-0.39, 0.29) is 29.4 Å². The van der Waals surface area contributed by atoms with Gasteiger partial charge >= 0.3 is 11.9 Å². The molecule has 1 unspecified atom stereocenters. The van der Waals surface area contributed by atoms with Crippen molar-refractivity contribution in [2.24, 2.45) is 0 Å². The molecule has 0 radical (unpaired) electrons. The van der Waals surface area contributed by atoms with Crippen LogP contribution in [0.3, 0.4) is 0 Å². The van der Waals surface area contributed by atoms with Gasteiger partial charge in [0.25, 0.3) is 0 Å². The predicted octanol–water partition coefficient (Wildman–Crippen LogP) is 5.59. The van der Waals surface area contributed by atoms with Crippen molar-refractivity contribution in [1.29, 1.82) is 0 Å². The molecular weight excluding hydrogens is 466 g/mol. The summed E-state index contributed by atoms with van der Waals surface area (Å²) in [7, 11) is 0. The van der Waals surface area contributed by atoms with Gasteiger partial charge in [0.05, 0.1) is 17.2 Å². The SMILES string of the molecule is Cc1cccc(C(=O)Oc2ccc(C(O)CNC(C)(C)C)cc2OC(=O)c2cccc(C)c2)c1.Cl. The summed E-state index contributed by atoms with van der Waals surface area (Å²) in [6.07, 6.45) is -0.850. The van der Waals surface area contributed by atoms with Crippen LogP contribution in [0.25, 0.3) is 0 Å². The fourth-order valence-electron chi connectivity index (χ4n) is 3.28. The van der Waals surface area contributed by atoms with E-state index in [2.05, 4.69) is 5.32 Å². The number of ether oxygens (including phenoxy) is 2. The molecule has 0 aliphatic rings. The number of carbonyl (C=O) groups excluding carboxylic acids is 2. The third-order valence-electron chi connectivity index (χ3n) is 5.09. The Morgan fingerprint density at radius 1 is 0.829 bits per heavy atom. The first-order valence-corrected chi connectivity index (χ1v) is 11.2. The zero-order valence-corrected chi connectivity index (χ0v) is 21.4. The van der Waals surface area contributed by atoms with E-state index in [9.17, 15) is 14.7 Å². The van der Waals surface area contributed by atoms with Crippen molar-refractivity contribution in [2.45, 2.75) is 46.3 Å². The molecule has 0 aliphatic heterocycles. The van der Waals surface area contributed by atoms with Crippen molar-refractivity contribution in [1.82, 2.24) is 5.32 Å². The van der Waals surface area contributed by atoms with Gasteiger partial charge in [0.15, 0.2) is 11.5 Å². The minimum absolute atomic E-state index is 0. The third kappa shape index (κ3) is 8.21. The maximum Gasteiger partial charge on any atom is 0.343 e. The number of hydrogen-bond donors (Lipinski definition) is 2. The molecule has 0 amide bonds. The number of halogens is 1. The largest absolute Gasteiger partial charge is 0.419 e. The Morgan fingerprint density at radius 3 is 1.83 bits per heavy atom. The number of esters is 2. The lowest BCUT2D eigenvalue weighted by Gasteiger charge is -2.23. The summed E-state index contributed by atoms with van der Waals surface area (Å²) >= 11 is 0. The van der Waals surface area contributed by atoms with Crippen molar-refractivity contribution < 1.29 is 24.2 Å². The van der Waals surface area contributed by atoms with Gasteiger partial charge in [-0.25, -0.2) is 9.59 Å². The number of aliphatic hydroxyl groups is 1. The van der Waals surface area contributed by atoms with Gasteiger partial charge in [-0.3, -0.25) is 0 Å². The lowest BCUT2D eigenvalue weighted by Crippen LogP contribution is -2.38. The summed E-state index contributed by atoms with van der Waals surface area (Å²) in [5.41, 5.74) is 2.94. The van der Waals surface area contributed by atoms with Gasteiger partial charge in [0.2, 0.25) is 0 Å². The molecule has 6 nitrogen and oxygen atoms in total. The molecule has 0 bridgehead atoms. The number of β-amino-alcohol motifs (C(OH)–C–C–N with tert-alkyl or cyclic N) is 1. The van der Waals surface area contributed by atoms with Crippen molar-refractivity contribution in [3.8, 4) is 11.5 Å². The number of hydrogen-bond acceptors (Lipinski definition) is 6. The van der Waals surface area contributed by atoms with E-state index >= 15 is 0 Å².